The molecule has 4 rings (SSSR count). The van der Waals surface area contributed by atoms with E-state index in [0.29, 0.717) is 16.5 Å². The standard InChI is InChI=1S/C19H18F3N3S2/c1-25-17(15-11-26-16-8-3-2-7-14(15)16)23-24-18(25)27-10-12-5-4-6-13(9-12)19(20,21)22/h4-6,9,11H,2-3,7-8,10H2,1H3. The average Bonchev–Trinajstić information content (AvgIpc) is 3.23. The monoisotopic (exact) mass is 409 g/mol. The summed E-state index contributed by atoms with van der Waals surface area (Å²) in [5, 5.41) is 11.5. The van der Waals surface area contributed by atoms with Gasteiger partial charge in [0.2, 0.25) is 0 Å². The number of aromatic nitrogens is 3. The van der Waals surface area contributed by atoms with Gasteiger partial charge in [0.15, 0.2) is 11.0 Å². The largest absolute Gasteiger partial charge is 0.416 e. The number of alkyl halides is 3. The molecule has 0 saturated heterocycles. The molecular weight excluding hydrogens is 391 g/mol. The summed E-state index contributed by atoms with van der Waals surface area (Å²) in [4.78, 5) is 1.44. The lowest BCUT2D eigenvalue weighted by Crippen LogP contribution is -2.05. The molecule has 3 nitrogen and oxygen atoms in total. The van der Waals surface area contributed by atoms with Gasteiger partial charge in [0.25, 0.3) is 0 Å². The molecule has 0 amide bonds. The van der Waals surface area contributed by atoms with Crippen molar-refractivity contribution in [2.45, 2.75) is 42.8 Å². The number of aryl methyl sites for hydroxylation is 1. The van der Waals surface area contributed by atoms with E-state index in [9.17, 15) is 13.2 Å². The molecular formula is C19H18F3N3S2. The smallest absolute Gasteiger partial charge is 0.305 e. The van der Waals surface area contributed by atoms with Crippen LogP contribution in [0, 0.1) is 0 Å². The first-order valence-electron chi connectivity index (χ1n) is 8.71. The molecule has 0 spiro atoms. The number of thiophene rings is 1. The lowest BCUT2D eigenvalue weighted by Gasteiger charge is -2.12. The number of hydrogen-bond donors (Lipinski definition) is 0. The van der Waals surface area contributed by atoms with Crippen LogP contribution in [0.1, 0.15) is 34.4 Å². The van der Waals surface area contributed by atoms with Crippen LogP contribution in [0.2, 0.25) is 0 Å². The Labute approximate surface area is 163 Å². The van der Waals surface area contributed by atoms with E-state index in [1.807, 2.05) is 11.6 Å². The number of halogens is 3. The molecule has 1 aromatic carbocycles. The third kappa shape index (κ3) is 3.78. The van der Waals surface area contributed by atoms with E-state index in [1.165, 1.54) is 47.2 Å². The van der Waals surface area contributed by atoms with Crippen LogP contribution in [0.5, 0.6) is 0 Å². The van der Waals surface area contributed by atoms with Gasteiger partial charge in [0, 0.05) is 28.6 Å². The number of thioether (sulfide) groups is 1. The van der Waals surface area contributed by atoms with Gasteiger partial charge >= 0.3 is 6.18 Å². The molecule has 8 heteroatoms. The summed E-state index contributed by atoms with van der Waals surface area (Å²) in [5.41, 5.74) is 2.53. The van der Waals surface area contributed by atoms with Gasteiger partial charge < -0.3 is 4.57 Å². The van der Waals surface area contributed by atoms with Crippen molar-refractivity contribution in [2.75, 3.05) is 0 Å². The number of fused-ring (bicyclic) bond motifs is 1. The van der Waals surface area contributed by atoms with E-state index in [0.717, 1.165) is 30.3 Å². The van der Waals surface area contributed by atoms with E-state index < -0.39 is 11.7 Å². The summed E-state index contributed by atoms with van der Waals surface area (Å²) in [6, 6.07) is 5.43. The maximum Gasteiger partial charge on any atom is 0.416 e. The molecule has 0 N–H and O–H groups in total. The summed E-state index contributed by atoms with van der Waals surface area (Å²) in [6.07, 6.45) is 0.328. The fourth-order valence-corrected chi connectivity index (χ4v) is 5.32. The summed E-state index contributed by atoms with van der Waals surface area (Å²) in [5.74, 6) is 1.25. The summed E-state index contributed by atoms with van der Waals surface area (Å²) >= 11 is 3.18. The molecule has 2 heterocycles. The van der Waals surface area contributed by atoms with Gasteiger partial charge in [0.05, 0.1) is 5.56 Å². The summed E-state index contributed by atoms with van der Waals surface area (Å²) < 4.78 is 40.5. The SMILES string of the molecule is Cn1c(SCc2cccc(C(F)(F)F)c2)nnc1-c1csc2c1CCCC2. The second-order valence-corrected chi connectivity index (χ2v) is 8.52. The van der Waals surface area contributed by atoms with Crippen LogP contribution in [-0.4, -0.2) is 14.8 Å². The average molecular weight is 410 g/mol. The first-order chi connectivity index (χ1) is 12.9. The van der Waals surface area contributed by atoms with Crippen LogP contribution in [0.4, 0.5) is 13.2 Å². The molecule has 0 bridgehead atoms. The summed E-state index contributed by atoms with van der Waals surface area (Å²) in [7, 11) is 1.91. The van der Waals surface area contributed by atoms with Gasteiger partial charge in [-0.2, -0.15) is 13.2 Å². The first-order valence-corrected chi connectivity index (χ1v) is 10.6. The van der Waals surface area contributed by atoms with E-state index in [-0.39, 0.29) is 0 Å². The highest BCUT2D eigenvalue weighted by Gasteiger charge is 2.30. The molecule has 27 heavy (non-hydrogen) atoms. The van der Waals surface area contributed by atoms with Crippen molar-refractivity contribution in [1.29, 1.82) is 0 Å². The number of rotatable bonds is 4. The molecule has 1 aliphatic carbocycles. The van der Waals surface area contributed by atoms with Gasteiger partial charge in [-0.1, -0.05) is 30.0 Å². The highest BCUT2D eigenvalue weighted by molar-refractivity contribution is 7.98. The second-order valence-electron chi connectivity index (χ2n) is 6.61. The minimum atomic E-state index is -4.32. The molecule has 0 fully saturated rings. The van der Waals surface area contributed by atoms with Crippen molar-refractivity contribution >= 4 is 23.1 Å². The van der Waals surface area contributed by atoms with Crippen LogP contribution in [0.3, 0.4) is 0 Å². The van der Waals surface area contributed by atoms with Crippen molar-refractivity contribution in [3.05, 3.63) is 51.2 Å². The maximum absolute atomic E-state index is 12.9. The Kier molecular flexibility index (Phi) is 5.03. The van der Waals surface area contributed by atoms with Gasteiger partial charge in [-0.3, -0.25) is 0 Å². The van der Waals surface area contributed by atoms with E-state index >= 15 is 0 Å². The van der Waals surface area contributed by atoms with Crippen molar-refractivity contribution in [3.63, 3.8) is 0 Å². The maximum atomic E-state index is 12.9. The van der Waals surface area contributed by atoms with Crippen LogP contribution >= 0.6 is 23.1 Å². The van der Waals surface area contributed by atoms with Crippen molar-refractivity contribution in [3.8, 4) is 11.4 Å². The Bertz CT molecular complexity index is 960. The third-order valence-electron chi connectivity index (χ3n) is 4.76. The quantitative estimate of drug-likeness (QED) is 0.515. The fraction of sp³-hybridized carbons (Fsp3) is 0.368. The van der Waals surface area contributed by atoms with Crippen LogP contribution in [0.25, 0.3) is 11.4 Å². The topological polar surface area (TPSA) is 30.7 Å². The number of nitrogens with zero attached hydrogens (tertiary/aromatic N) is 3. The lowest BCUT2D eigenvalue weighted by atomic mass is 9.96. The molecule has 0 unspecified atom stereocenters. The molecule has 0 atom stereocenters. The molecule has 142 valence electrons. The highest BCUT2D eigenvalue weighted by atomic mass is 32.2. The van der Waals surface area contributed by atoms with E-state index in [1.54, 1.807) is 17.4 Å². The van der Waals surface area contributed by atoms with Crippen LogP contribution in [0.15, 0.2) is 34.8 Å². The number of hydrogen-bond acceptors (Lipinski definition) is 4. The molecule has 1 aliphatic rings. The Hall–Kier alpha value is -1.80. The Morgan fingerprint density at radius 1 is 1.19 bits per heavy atom. The van der Waals surface area contributed by atoms with Gasteiger partial charge in [-0.25, -0.2) is 0 Å². The highest BCUT2D eigenvalue weighted by Crippen LogP contribution is 2.37. The predicted molar refractivity (Wildman–Crippen MR) is 102 cm³/mol. The Balaban J connectivity index is 1.53. The van der Waals surface area contributed by atoms with Crippen molar-refractivity contribution < 1.29 is 13.2 Å². The molecule has 2 aromatic heterocycles. The number of benzene rings is 1. The zero-order valence-electron chi connectivity index (χ0n) is 14.7. The van der Waals surface area contributed by atoms with Crippen molar-refractivity contribution in [1.82, 2.24) is 14.8 Å². The zero-order chi connectivity index (χ0) is 19.0. The van der Waals surface area contributed by atoms with Gasteiger partial charge in [-0.05, 0) is 42.9 Å². The minimum absolute atomic E-state index is 0.414. The second kappa shape index (κ2) is 7.31. The van der Waals surface area contributed by atoms with Crippen LogP contribution < -0.4 is 0 Å². The summed E-state index contributed by atoms with van der Waals surface area (Å²) in [6.45, 7) is 0. The molecule has 0 aliphatic heterocycles. The fourth-order valence-electron chi connectivity index (χ4n) is 3.34. The lowest BCUT2D eigenvalue weighted by molar-refractivity contribution is -0.137. The normalized spacial score (nSPS) is 14.4. The Morgan fingerprint density at radius 3 is 2.81 bits per heavy atom. The Morgan fingerprint density at radius 2 is 2.00 bits per heavy atom. The van der Waals surface area contributed by atoms with Crippen LogP contribution in [-0.2, 0) is 31.8 Å². The van der Waals surface area contributed by atoms with Gasteiger partial charge in [0.1, 0.15) is 0 Å². The zero-order valence-corrected chi connectivity index (χ0v) is 16.3. The van der Waals surface area contributed by atoms with E-state index in [4.69, 9.17) is 0 Å². The molecule has 0 saturated carbocycles. The molecule has 3 aromatic rings. The first kappa shape index (κ1) is 18.6. The predicted octanol–water partition coefficient (Wildman–Crippen LogP) is 5.73. The van der Waals surface area contributed by atoms with Crippen molar-refractivity contribution in [2.24, 2.45) is 7.05 Å². The molecule has 0 radical (unpaired) electrons. The third-order valence-corrected chi connectivity index (χ3v) is 6.94. The van der Waals surface area contributed by atoms with Gasteiger partial charge in [-0.15, -0.1) is 21.5 Å². The van der Waals surface area contributed by atoms with E-state index in [2.05, 4.69) is 15.6 Å². The minimum Gasteiger partial charge on any atom is -0.305 e.